The van der Waals surface area contributed by atoms with Crippen LogP contribution in [-0.2, 0) is 16.1 Å². The summed E-state index contributed by atoms with van der Waals surface area (Å²) in [6.07, 6.45) is 4.79. The maximum Gasteiger partial charge on any atom is 0.261 e. The Bertz CT molecular complexity index is 964. The second-order valence-corrected chi connectivity index (χ2v) is 9.74. The molecule has 1 aliphatic carbocycles. The monoisotopic (exact) mass is 530 g/mol. The number of nitrogens with one attached hydrogen (secondary N) is 1. The Hall–Kier alpha value is -2.54. The fraction of sp³-hybridized carbons (Fsp3) is 0.481. The lowest BCUT2D eigenvalue weighted by Crippen LogP contribution is -2.52. The zero-order valence-corrected chi connectivity index (χ0v) is 22.1. The summed E-state index contributed by atoms with van der Waals surface area (Å²) in [6.45, 7) is 6.10. The first-order valence-corrected chi connectivity index (χ1v) is 12.7. The number of hydrogen-bond acceptors (Lipinski definition) is 4. The van der Waals surface area contributed by atoms with Gasteiger partial charge in [0.05, 0.1) is 7.11 Å². The van der Waals surface area contributed by atoms with Crippen LogP contribution in [-0.4, -0.2) is 42.5 Å². The van der Waals surface area contributed by atoms with Gasteiger partial charge in [-0.3, -0.25) is 9.59 Å². The van der Waals surface area contributed by atoms with Crippen molar-refractivity contribution >= 4 is 27.7 Å². The Morgan fingerprint density at radius 1 is 1.09 bits per heavy atom. The van der Waals surface area contributed by atoms with Crippen molar-refractivity contribution in [1.29, 1.82) is 0 Å². The molecule has 184 valence electrons. The van der Waals surface area contributed by atoms with Crippen molar-refractivity contribution in [3.8, 4) is 11.5 Å². The summed E-state index contributed by atoms with van der Waals surface area (Å²) in [5.41, 5.74) is 3.01. The van der Waals surface area contributed by atoms with E-state index >= 15 is 0 Å². The molecule has 2 amide bonds. The summed E-state index contributed by atoms with van der Waals surface area (Å²) in [7, 11) is 1.62. The van der Waals surface area contributed by atoms with E-state index < -0.39 is 6.04 Å². The highest BCUT2D eigenvalue weighted by molar-refractivity contribution is 9.10. The number of carbonyl (C=O) groups excluding carboxylic acids is 2. The highest BCUT2D eigenvalue weighted by Gasteiger charge is 2.31. The van der Waals surface area contributed by atoms with E-state index in [1.54, 1.807) is 12.0 Å². The Morgan fingerprint density at radius 2 is 1.71 bits per heavy atom. The van der Waals surface area contributed by atoms with Crippen molar-refractivity contribution < 1.29 is 19.1 Å². The Balaban J connectivity index is 1.78. The van der Waals surface area contributed by atoms with Gasteiger partial charge in [-0.15, -0.1) is 0 Å². The number of halogens is 1. The second kappa shape index (κ2) is 12.2. The highest BCUT2D eigenvalue weighted by Crippen LogP contribution is 2.26. The van der Waals surface area contributed by atoms with Gasteiger partial charge < -0.3 is 19.7 Å². The lowest BCUT2D eigenvalue weighted by molar-refractivity contribution is -0.143. The molecule has 3 rings (SSSR count). The molecule has 34 heavy (non-hydrogen) atoms. The summed E-state index contributed by atoms with van der Waals surface area (Å²) in [5, 5.41) is 3.17. The van der Waals surface area contributed by atoms with Gasteiger partial charge in [-0.25, -0.2) is 0 Å². The molecule has 0 aliphatic heterocycles. The number of nitrogens with zero attached hydrogens (tertiary/aromatic N) is 1. The molecule has 0 bridgehead atoms. The Morgan fingerprint density at radius 3 is 2.26 bits per heavy atom. The molecule has 0 saturated heterocycles. The van der Waals surface area contributed by atoms with Gasteiger partial charge in [-0.1, -0.05) is 47.8 Å². The van der Waals surface area contributed by atoms with Crippen molar-refractivity contribution in [3.63, 3.8) is 0 Å². The van der Waals surface area contributed by atoms with Crippen molar-refractivity contribution in [2.45, 2.75) is 71.5 Å². The first kappa shape index (κ1) is 26.1. The number of amides is 2. The van der Waals surface area contributed by atoms with Gasteiger partial charge in [0.2, 0.25) is 5.91 Å². The van der Waals surface area contributed by atoms with Gasteiger partial charge >= 0.3 is 0 Å². The number of aryl methyl sites for hydroxylation is 2. The van der Waals surface area contributed by atoms with Crippen LogP contribution in [0.1, 0.15) is 55.7 Å². The molecule has 1 N–H and O–H groups in total. The average molecular weight is 531 g/mol. The lowest BCUT2D eigenvalue weighted by Gasteiger charge is -2.31. The first-order valence-electron chi connectivity index (χ1n) is 11.9. The molecule has 2 aromatic rings. The van der Waals surface area contributed by atoms with Crippen molar-refractivity contribution in [3.05, 3.63) is 57.6 Å². The quantitative estimate of drug-likeness (QED) is 0.451. The van der Waals surface area contributed by atoms with Crippen LogP contribution in [0.25, 0.3) is 0 Å². The van der Waals surface area contributed by atoms with E-state index in [1.165, 1.54) is 0 Å². The van der Waals surface area contributed by atoms with E-state index in [-0.39, 0.29) is 24.5 Å². The SMILES string of the molecule is CC[C@H](C(=O)NC1CCCC1)N(Cc1ccc(OC)cc1)C(=O)COc1cc(C)c(Br)c(C)c1. The molecule has 0 radical (unpaired) electrons. The number of rotatable bonds is 10. The number of methoxy groups -OCH3 is 1. The summed E-state index contributed by atoms with van der Waals surface area (Å²) in [4.78, 5) is 28.3. The maximum absolute atomic E-state index is 13.4. The maximum atomic E-state index is 13.4. The molecular weight excluding hydrogens is 496 g/mol. The summed E-state index contributed by atoms with van der Waals surface area (Å²) in [6, 6.07) is 11.0. The van der Waals surface area contributed by atoms with E-state index in [0.717, 1.165) is 52.6 Å². The zero-order valence-electron chi connectivity index (χ0n) is 20.5. The van der Waals surface area contributed by atoms with E-state index in [4.69, 9.17) is 9.47 Å². The largest absolute Gasteiger partial charge is 0.497 e. The van der Waals surface area contributed by atoms with Crippen LogP contribution in [0.5, 0.6) is 11.5 Å². The van der Waals surface area contributed by atoms with E-state index in [0.29, 0.717) is 18.7 Å². The topological polar surface area (TPSA) is 67.9 Å². The first-order chi connectivity index (χ1) is 16.3. The smallest absolute Gasteiger partial charge is 0.261 e. The van der Waals surface area contributed by atoms with Gasteiger partial charge in [-0.05, 0) is 74.1 Å². The third kappa shape index (κ3) is 6.75. The Labute approximate surface area is 211 Å². The average Bonchev–Trinajstić information content (AvgIpc) is 3.34. The van der Waals surface area contributed by atoms with Gasteiger partial charge in [0.25, 0.3) is 5.91 Å². The third-order valence-corrected chi connectivity index (χ3v) is 7.62. The zero-order chi connectivity index (χ0) is 24.7. The van der Waals surface area contributed by atoms with E-state index in [9.17, 15) is 9.59 Å². The minimum Gasteiger partial charge on any atom is -0.497 e. The van der Waals surface area contributed by atoms with Crippen LogP contribution in [0.2, 0.25) is 0 Å². The third-order valence-electron chi connectivity index (χ3n) is 6.37. The highest BCUT2D eigenvalue weighted by atomic mass is 79.9. The van der Waals surface area contributed by atoms with Crippen LogP contribution in [0, 0.1) is 13.8 Å². The molecule has 0 aromatic heterocycles. The molecular formula is C27H35BrN2O4. The number of benzene rings is 2. The molecule has 6 nitrogen and oxygen atoms in total. The van der Waals surface area contributed by atoms with Gasteiger partial charge in [-0.2, -0.15) is 0 Å². The molecule has 1 aliphatic rings. The number of carbonyl (C=O) groups is 2. The van der Waals surface area contributed by atoms with Gasteiger partial charge in [0.15, 0.2) is 6.61 Å². The lowest BCUT2D eigenvalue weighted by atomic mass is 10.1. The fourth-order valence-corrected chi connectivity index (χ4v) is 4.66. The minimum absolute atomic E-state index is 0.0911. The second-order valence-electron chi connectivity index (χ2n) is 8.94. The molecule has 7 heteroatoms. The molecule has 1 atom stereocenters. The standard InChI is InChI=1S/C27H35BrN2O4/c1-5-24(27(32)29-21-8-6-7-9-21)30(16-20-10-12-22(33-4)13-11-20)25(31)17-34-23-14-18(2)26(28)19(3)15-23/h10-15,21,24H,5-9,16-17H2,1-4H3,(H,29,32)/t24-/m1/s1. The van der Waals surface area contributed by atoms with E-state index in [1.807, 2.05) is 57.2 Å². The predicted molar refractivity (Wildman–Crippen MR) is 137 cm³/mol. The number of ether oxygens (including phenoxy) is 2. The summed E-state index contributed by atoms with van der Waals surface area (Å²) < 4.78 is 12.2. The molecule has 2 aromatic carbocycles. The molecule has 0 unspecified atom stereocenters. The van der Waals surface area contributed by atoms with Crippen LogP contribution in [0.3, 0.4) is 0 Å². The fourth-order valence-electron chi connectivity index (χ4n) is 4.43. The Kier molecular flexibility index (Phi) is 9.39. The molecule has 0 heterocycles. The summed E-state index contributed by atoms with van der Waals surface area (Å²) in [5.74, 6) is 1.07. The van der Waals surface area contributed by atoms with Crippen molar-refractivity contribution in [2.75, 3.05) is 13.7 Å². The molecule has 0 spiro atoms. The normalized spacial score (nSPS) is 14.5. The van der Waals surface area contributed by atoms with Crippen LogP contribution in [0.4, 0.5) is 0 Å². The van der Waals surface area contributed by atoms with Gasteiger partial charge in [0, 0.05) is 17.1 Å². The number of hydrogen-bond donors (Lipinski definition) is 1. The predicted octanol–water partition coefficient (Wildman–Crippen LogP) is 5.32. The van der Waals surface area contributed by atoms with Gasteiger partial charge in [0.1, 0.15) is 17.5 Å². The molecule has 1 fully saturated rings. The van der Waals surface area contributed by atoms with Crippen molar-refractivity contribution in [1.82, 2.24) is 10.2 Å². The van der Waals surface area contributed by atoms with E-state index in [2.05, 4.69) is 21.2 Å². The van der Waals surface area contributed by atoms with Crippen LogP contribution < -0.4 is 14.8 Å². The van der Waals surface area contributed by atoms with Crippen molar-refractivity contribution in [2.24, 2.45) is 0 Å². The minimum atomic E-state index is -0.563. The van der Waals surface area contributed by atoms with Crippen LogP contribution >= 0.6 is 15.9 Å². The van der Waals surface area contributed by atoms with Crippen LogP contribution in [0.15, 0.2) is 40.9 Å². The summed E-state index contributed by atoms with van der Waals surface area (Å²) >= 11 is 3.56. The molecule has 1 saturated carbocycles.